The summed E-state index contributed by atoms with van der Waals surface area (Å²) in [6.45, 7) is 1.53. The van der Waals surface area contributed by atoms with E-state index in [0.717, 1.165) is 6.54 Å². The second kappa shape index (κ2) is 5.21. The number of ether oxygens (including phenoxy) is 1. The quantitative estimate of drug-likeness (QED) is 0.753. The topological polar surface area (TPSA) is 64.4 Å². The molecule has 0 radical (unpaired) electrons. The van der Waals surface area contributed by atoms with E-state index in [0.29, 0.717) is 6.54 Å². The molecule has 1 aromatic rings. The third kappa shape index (κ3) is 2.66. The molecule has 0 bridgehead atoms. The van der Waals surface area contributed by atoms with Gasteiger partial charge in [0, 0.05) is 13.1 Å². The van der Waals surface area contributed by atoms with Crippen LogP contribution in [0, 0.1) is 0 Å². The molecule has 0 spiro atoms. The maximum absolute atomic E-state index is 11.1. The van der Waals surface area contributed by atoms with Crippen molar-refractivity contribution in [3.05, 3.63) is 35.9 Å². The molecule has 16 heavy (non-hydrogen) atoms. The van der Waals surface area contributed by atoms with Gasteiger partial charge in [-0.1, -0.05) is 30.3 Å². The van der Waals surface area contributed by atoms with E-state index in [9.17, 15) is 4.79 Å². The van der Waals surface area contributed by atoms with E-state index in [1.165, 1.54) is 5.56 Å². The highest BCUT2D eigenvalue weighted by molar-refractivity contribution is 5.87. The summed E-state index contributed by atoms with van der Waals surface area (Å²) in [4.78, 5) is 11.1. The van der Waals surface area contributed by atoms with Gasteiger partial charge in [0.1, 0.15) is 6.61 Å². The number of carbonyl (C=O) groups excluding carboxylic acids is 1. The summed E-state index contributed by atoms with van der Waals surface area (Å²) in [6.07, 6.45) is -0.184. The number of benzene rings is 1. The van der Waals surface area contributed by atoms with Gasteiger partial charge in [0.2, 0.25) is 0 Å². The van der Waals surface area contributed by atoms with Gasteiger partial charge in [0.25, 0.3) is 0 Å². The number of nitrogens with two attached hydrogens (primary N) is 1. The number of rotatable bonds is 4. The lowest BCUT2D eigenvalue weighted by Gasteiger charge is -2.14. The van der Waals surface area contributed by atoms with Gasteiger partial charge in [-0.15, -0.1) is 0 Å². The average Bonchev–Trinajstić information content (AvgIpc) is 2.62. The summed E-state index contributed by atoms with van der Waals surface area (Å²) in [5.74, 6) is -0.00786. The van der Waals surface area contributed by atoms with Crippen LogP contribution >= 0.6 is 0 Å². The van der Waals surface area contributed by atoms with Crippen molar-refractivity contribution in [3.8, 4) is 0 Å². The summed E-state index contributed by atoms with van der Waals surface area (Å²) in [6, 6.07) is 9.61. The van der Waals surface area contributed by atoms with Crippen LogP contribution in [-0.2, 0) is 16.1 Å². The van der Waals surface area contributed by atoms with Crippen LogP contribution in [0.15, 0.2) is 30.3 Å². The van der Waals surface area contributed by atoms with E-state index in [1.54, 1.807) is 0 Å². The third-order valence-electron chi connectivity index (χ3n) is 2.73. The summed E-state index contributed by atoms with van der Waals surface area (Å²) in [5, 5.41) is 3.24. The molecular weight excluding hydrogens is 204 g/mol. The third-order valence-corrected chi connectivity index (χ3v) is 2.73. The van der Waals surface area contributed by atoms with Crippen LogP contribution in [0.4, 0.5) is 0 Å². The first kappa shape index (κ1) is 11.3. The highest BCUT2D eigenvalue weighted by atomic mass is 16.5. The van der Waals surface area contributed by atoms with Crippen LogP contribution in [0.5, 0.6) is 0 Å². The largest absolute Gasteiger partial charge is 0.367 e. The molecule has 1 fully saturated rings. The molecule has 1 heterocycles. The first-order chi connectivity index (χ1) is 7.77. The van der Waals surface area contributed by atoms with E-state index in [4.69, 9.17) is 10.5 Å². The van der Waals surface area contributed by atoms with Crippen molar-refractivity contribution in [3.63, 3.8) is 0 Å². The van der Waals surface area contributed by atoms with Crippen LogP contribution < -0.4 is 11.1 Å². The lowest BCUT2D eigenvalue weighted by Crippen LogP contribution is -2.41. The zero-order valence-corrected chi connectivity index (χ0v) is 9.06. The Balaban J connectivity index is 1.75. The van der Waals surface area contributed by atoms with Gasteiger partial charge in [0.05, 0.1) is 12.1 Å². The molecule has 1 aliphatic rings. The molecule has 4 nitrogen and oxygen atoms in total. The van der Waals surface area contributed by atoms with Gasteiger partial charge in [-0.25, -0.2) is 0 Å². The molecule has 1 aromatic carbocycles. The van der Waals surface area contributed by atoms with Gasteiger partial charge < -0.3 is 15.8 Å². The van der Waals surface area contributed by atoms with E-state index < -0.39 is 6.04 Å². The predicted octanol–water partition coefficient (Wildman–Crippen LogP) is 0.0714. The molecule has 2 atom stereocenters. The van der Waals surface area contributed by atoms with Crippen molar-refractivity contribution in [2.45, 2.75) is 18.7 Å². The fourth-order valence-electron chi connectivity index (χ4n) is 1.74. The fraction of sp³-hybridized carbons (Fsp3) is 0.417. The van der Waals surface area contributed by atoms with Crippen LogP contribution in [-0.4, -0.2) is 31.1 Å². The monoisotopic (exact) mass is 220 g/mol. The molecular formula is C12H16N2O2. The highest BCUT2D eigenvalue weighted by Gasteiger charge is 2.31. The van der Waals surface area contributed by atoms with Crippen molar-refractivity contribution < 1.29 is 9.53 Å². The molecule has 0 aromatic heterocycles. The van der Waals surface area contributed by atoms with E-state index in [-0.39, 0.29) is 18.5 Å². The molecule has 4 heteroatoms. The van der Waals surface area contributed by atoms with E-state index in [2.05, 4.69) is 5.32 Å². The molecule has 3 N–H and O–H groups in total. The summed E-state index contributed by atoms with van der Waals surface area (Å²) in [5.41, 5.74) is 6.90. The number of nitrogens with one attached hydrogen (secondary N) is 1. The number of carbonyl (C=O) groups is 1. The Bertz CT molecular complexity index is 353. The maximum Gasteiger partial charge on any atom is 0.177 e. The maximum atomic E-state index is 11.1. The van der Waals surface area contributed by atoms with Crippen molar-refractivity contribution >= 4 is 5.78 Å². The Labute approximate surface area is 94.8 Å². The SMILES string of the molecule is NC1C(=O)COC1CNCc1ccccc1. The molecule has 0 saturated carbocycles. The Kier molecular flexibility index (Phi) is 3.66. The average molecular weight is 220 g/mol. The molecule has 0 amide bonds. The summed E-state index contributed by atoms with van der Waals surface area (Å²) in [7, 11) is 0. The Morgan fingerprint density at radius 3 is 2.75 bits per heavy atom. The minimum atomic E-state index is -0.469. The number of Topliss-reactive ketones (excluding diaryl/α,β-unsaturated/α-hetero) is 1. The smallest absolute Gasteiger partial charge is 0.177 e. The van der Waals surface area contributed by atoms with Crippen molar-refractivity contribution in [1.82, 2.24) is 5.32 Å². The normalized spacial score (nSPS) is 24.9. The molecule has 86 valence electrons. The minimum Gasteiger partial charge on any atom is -0.367 e. The molecule has 2 rings (SSSR count). The van der Waals surface area contributed by atoms with Gasteiger partial charge >= 0.3 is 0 Å². The fourth-order valence-corrected chi connectivity index (χ4v) is 1.74. The summed E-state index contributed by atoms with van der Waals surface area (Å²) >= 11 is 0. The first-order valence-electron chi connectivity index (χ1n) is 5.42. The predicted molar refractivity (Wildman–Crippen MR) is 60.9 cm³/mol. The van der Waals surface area contributed by atoms with E-state index >= 15 is 0 Å². The van der Waals surface area contributed by atoms with Gasteiger partial charge in [-0.3, -0.25) is 4.79 Å². The van der Waals surface area contributed by atoms with Gasteiger partial charge in [0.15, 0.2) is 5.78 Å². The molecule has 1 aliphatic heterocycles. The summed E-state index contributed by atoms with van der Waals surface area (Å²) < 4.78 is 5.28. The Morgan fingerprint density at radius 1 is 1.38 bits per heavy atom. The van der Waals surface area contributed by atoms with Crippen LogP contribution in [0.2, 0.25) is 0 Å². The number of hydrogen-bond acceptors (Lipinski definition) is 4. The van der Waals surface area contributed by atoms with Crippen molar-refractivity contribution in [1.29, 1.82) is 0 Å². The number of ketones is 1. The highest BCUT2D eigenvalue weighted by Crippen LogP contribution is 2.07. The minimum absolute atomic E-state index is 0.00786. The van der Waals surface area contributed by atoms with Crippen LogP contribution in [0.1, 0.15) is 5.56 Å². The lowest BCUT2D eigenvalue weighted by molar-refractivity contribution is -0.118. The lowest BCUT2D eigenvalue weighted by atomic mass is 10.1. The zero-order chi connectivity index (χ0) is 11.4. The Morgan fingerprint density at radius 2 is 2.12 bits per heavy atom. The second-order valence-electron chi connectivity index (χ2n) is 3.96. The van der Waals surface area contributed by atoms with E-state index in [1.807, 2.05) is 30.3 Å². The van der Waals surface area contributed by atoms with Crippen LogP contribution in [0.25, 0.3) is 0 Å². The van der Waals surface area contributed by atoms with Gasteiger partial charge in [-0.05, 0) is 5.56 Å². The first-order valence-corrected chi connectivity index (χ1v) is 5.42. The molecule has 0 aliphatic carbocycles. The molecule has 2 unspecified atom stereocenters. The van der Waals surface area contributed by atoms with Crippen molar-refractivity contribution in [2.24, 2.45) is 5.73 Å². The standard InChI is InChI=1S/C12H16N2O2/c13-12-10(15)8-16-11(12)7-14-6-9-4-2-1-3-5-9/h1-5,11-12,14H,6-8,13H2. The Hall–Kier alpha value is -1.23. The van der Waals surface area contributed by atoms with Crippen molar-refractivity contribution in [2.75, 3.05) is 13.2 Å². The zero-order valence-electron chi connectivity index (χ0n) is 9.06. The molecule has 1 saturated heterocycles. The van der Waals surface area contributed by atoms with Gasteiger partial charge in [-0.2, -0.15) is 0 Å². The second-order valence-corrected chi connectivity index (χ2v) is 3.96. The number of hydrogen-bond donors (Lipinski definition) is 2. The van der Waals surface area contributed by atoms with Crippen LogP contribution in [0.3, 0.4) is 0 Å².